The third-order valence-electron chi connectivity index (χ3n) is 5.21. The minimum atomic E-state index is 0.00567. The maximum absolute atomic E-state index is 9.62. The summed E-state index contributed by atoms with van der Waals surface area (Å²) in [6.45, 7) is 2.34. The number of rotatable bonds is 4. The molecule has 2 N–H and O–H groups in total. The summed E-state index contributed by atoms with van der Waals surface area (Å²) in [4.78, 5) is 4.81. The number of hydrogen-bond acceptors (Lipinski definition) is 4. The number of benzene rings is 1. The van der Waals surface area contributed by atoms with Crippen LogP contribution in [-0.2, 0) is 6.61 Å². The molecule has 0 radical (unpaired) electrons. The first-order valence-electron chi connectivity index (χ1n) is 9.04. The van der Waals surface area contributed by atoms with Crippen LogP contribution in [0.2, 0.25) is 0 Å². The number of nitrogens with zero attached hydrogens (tertiary/aromatic N) is 3. The molecule has 5 heteroatoms. The molecule has 0 amide bonds. The van der Waals surface area contributed by atoms with Gasteiger partial charge in [0.05, 0.1) is 12.8 Å². The molecule has 1 fully saturated rings. The first-order valence-corrected chi connectivity index (χ1v) is 9.04. The molecule has 1 saturated carbocycles. The molecule has 5 nitrogen and oxygen atoms in total. The quantitative estimate of drug-likeness (QED) is 0.759. The third kappa shape index (κ3) is 3.24. The molecule has 0 unspecified atom stereocenters. The lowest BCUT2D eigenvalue weighted by Gasteiger charge is -2.27. The summed E-state index contributed by atoms with van der Waals surface area (Å²) in [6.07, 6.45) is 8.73. The van der Waals surface area contributed by atoms with E-state index in [-0.39, 0.29) is 6.61 Å². The summed E-state index contributed by atoms with van der Waals surface area (Å²) in [5.74, 6) is 1.74. The van der Waals surface area contributed by atoms with E-state index in [9.17, 15) is 5.11 Å². The van der Waals surface area contributed by atoms with Gasteiger partial charge in [0, 0.05) is 17.8 Å². The molecular formula is C20H24N4O. The maximum atomic E-state index is 9.62. The van der Waals surface area contributed by atoms with E-state index in [4.69, 9.17) is 4.98 Å². The van der Waals surface area contributed by atoms with Gasteiger partial charge in [-0.05, 0) is 48.8 Å². The highest BCUT2D eigenvalue weighted by Gasteiger charge is 2.19. The van der Waals surface area contributed by atoms with Gasteiger partial charge in [-0.3, -0.25) is 0 Å². The molecule has 0 atom stereocenters. The normalized spacial score (nSPS) is 20.7. The summed E-state index contributed by atoms with van der Waals surface area (Å²) < 4.78 is 1.79. The molecule has 0 spiro atoms. The number of fused-ring (bicyclic) bond motifs is 1. The van der Waals surface area contributed by atoms with Crippen LogP contribution in [0.15, 0.2) is 42.7 Å². The largest absolute Gasteiger partial charge is 0.392 e. The Kier molecular flexibility index (Phi) is 4.40. The van der Waals surface area contributed by atoms with Crippen LogP contribution in [0.4, 0.5) is 5.82 Å². The Morgan fingerprint density at radius 3 is 2.72 bits per heavy atom. The molecule has 1 aliphatic rings. The van der Waals surface area contributed by atoms with Crippen molar-refractivity contribution in [2.75, 3.05) is 5.32 Å². The maximum Gasteiger partial charge on any atom is 0.165 e. The van der Waals surface area contributed by atoms with E-state index in [1.807, 2.05) is 42.7 Å². The first kappa shape index (κ1) is 16.1. The average molecular weight is 336 g/mol. The van der Waals surface area contributed by atoms with Crippen LogP contribution in [0.25, 0.3) is 16.8 Å². The minimum Gasteiger partial charge on any atom is -0.392 e. The Bertz CT molecular complexity index is 865. The van der Waals surface area contributed by atoms with Crippen molar-refractivity contribution >= 4 is 11.5 Å². The molecule has 1 aliphatic carbocycles. The zero-order chi connectivity index (χ0) is 17.2. The lowest BCUT2D eigenvalue weighted by Crippen LogP contribution is -2.25. The SMILES string of the molecule is CC1CCC(Nc2ccn3ncc(-c4ccccc4CO)c3n2)CC1. The lowest BCUT2D eigenvalue weighted by molar-refractivity contribution is 0.282. The summed E-state index contributed by atoms with van der Waals surface area (Å²) in [5, 5.41) is 17.6. The van der Waals surface area contributed by atoms with Gasteiger partial charge in [-0.2, -0.15) is 5.10 Å². The van der Waals surface area contributed by atoms with Crippen molar-refractivity contribution in [2.24, 2.45) is 5.92 Å². The second-order valence-electron chi connectivity index (χ2n) is 7.06. The molecular weight excluding hydrogens is 312 g/mol. The van der Waals surface area contributed by atoms with Crippen molar-refractivity contribution < 1.29 is 5.11 Å². The van der Waals surface area contributed by atoms with Crippen molar-refractivity contribution in [3.05, 3.63) is 48.3 Å². The Balaban J connectivity index is 1.66. The molecule has 25 heavy (non-hydrogen) atoms. The Labute approximate surface area is 147 Å². The number of hydrogen-bond donors (Lipinski definition) is 2. The average Bonchev–Trinajstić information content (AvgIpc) is 3.06. The standard InChI is InChI=1S/C20H24N4O/c1-14-6-8-16(9-7-14)22-19-10-11-24-20(23-19)18(12-21-24)17-5-3-2-4-15(17)13-25/h2-5,10-12,14,16,25H,6-9,13H2,1H3,(H,22,23). The number of nitrogens with one attached hydrogen (secondary N) is 1. The molecule has 130 valence electrons. The van der Waals surface area contributed by atoms with E-state index in [1.165, 1.54) is 25.7 Å². The number of aliphatic hydroxyl groups is 1. The van der Waals surface area contributed by atoms with Crippen molar-refractivity contribution in [3.63, 3.8) is 0 Å². The molecule has 4 rings (SSSR count). The van der Waals surface area contributed by atoms with E-state index in [0.717, 1.165) is 34.1 Å². The van der Waals surface area contributed by atoms with Crippen molar-refractivity contribution in [1.29, 1.82) is 0 Å². The highest BCUT2D eigenvalue weighted by Crippen LogP contribution is 2.29. The van der Waals surface area contributed by atoms with E-state index in [2.05, 4.69) is 17.3 Å². The van der Waals surface area contributed by atoms with Gasteiger partial charge in [0.2, 0.25) is 0 Å². The van der Waals surface area contributed by atoms with Gasteiger partial charge in [0.1, 0.15) is 5.82 Å². The van der Waals surface area contributed by atoms with Crippen molar-refractivity contribution in [3.8, 4) is 11.1 Å². The molecule has 0 aliphatic heterocycles. The van der Waals surface area contributed by atoms with Gasteiger partial charge >= 0.3 is 0 Å². The van der Waals surface area contributed by atoms with Crippen LogP contribution in [0.3, 0.4) is 0 Å². The predicted molar refractivity (Wildman–Crippen MR) is 99.4 cm³/mol. The van der Waals surface area contributed by atoms with E-state index < -0.39 is 0 Å². The summed E-state index contributed by atoms with van der Waals surface area (Å²) in [5.41, 5.74) is 3.63. The molecule has 2 heterocycles. The smallest absolute Gasteiger partial charge is 0.165 e. The second kappa shape index (κ2) is 6.84. The summed E-state index contributed by atoms with van der Waals surface area (Å²) >= 11 is 0. The van der Waals surface area contributed by atoms with E-state index in [1.54, 1.807) is 4.52 Å². The number of anilines is 1. The molecule has 2 aromatic heterocycles. The highest BCUT2D eigenvalue weighted by molar-refractivity contribution is 5.79. The van der Waals surface area contributed by atoms with E-state index >= 15 is 0 Å². The summed E-state index contributed by atoms with van der Waals surface area (Å²) in [7, 11) is 0. The molecule has 1 aromatic carbocycles. The minimum absolute atomic E-state index is 0.00567. The van der Waals surface area contributed by atoms with Crippen molar-refractivity contribution in [1.82, 2.24) is 14.6 Å². The van der Waals surface area contributed by atoms with Gasteiger partial charge in [0.15, 0.2) is 5.65 Å². The predicted octanol–water partition coefficient (Wildman–Crippen LogP) is 3.88. The molecule has 0 bridgehead atoms. The monoisotopic (exact) mass is 336 g/mol. The zero-order valence-corrected chi connectivity index (χ0v) is 14.5. The lowest BCUT2D eigenvalue weighted by atomic mass is 9.87. The fourth-order valence-electron chi connectivity index (χ4n) is 3.67. The van der Waals surface area contributed by atoms with Gasteiger partial charge in [-0.25, -0.2) is 9.50 Å². The first-order chi connectivity index (χ1) is 12.2. The Hall–Kier alpha value is -2.40. The third-order valence-corrected chi connectivity index (χ3v) is 5.21. The molecule has 3 aromatic rings. The second-order valence-corrected chi connectivity index (χ2v) is 7.06. The van der Waals surface area contributed by atoms with Crippen LogP contribution < -0.4 is 5.32 Å². The van der Waals surface area contributed by atoms with E-state index in [0.29, 0.717) is 6.04 Å². The van der Waals surface area contributed by atoms with Crippen LogP contribution >= 0.6 is 0 Å². The van der Waals surface area contributed by atoms with Crippen LogP contribution in [0.1, 0.15) is 38.2 Å². The number of aliphatic hydroxyl groups excluding tert-OH is 1. The van der Waals surface area contributed by atoms with Gasteiger partial charge in [-0.15, -0.1) is 0 Å². The Morgan fingerprint density at radius 1 is 1.12 bits per heavy atom. The number of aromatic nitrogens is 3. The van der Waals surface area contributed by atoms with Crippen LogP contribution in [-0.4, -0.2) is 25.7 Å². The summed E-state index contributed by atoms with van der Waals surface area (Å²) in [6, 6.07) is 10.3. The van der Waals surface area contributed by atoms with Gasteiger partial charge in [-0.1, -0.05) is 31.2 Å². The van der Waals surface area contributed by atoms with Gasteiger partial charge in [0.25, 0.3) is 0 Å². The van der Waals surface area contributed by atoms with Crippen LogP contribution in [0.5, 0.6) is 0 Å². The highest BCUT2D eigenvalue weighted by atomic mass is 16.3. The fourth-order valence-corrected chi connectivity index (χ4v) is 3.67. The zero-order valence-electron chi connectivity index (χ0n) is 14.5. The van der Waals surface area contributed by atoms with Crippen molar-refractivity contribution in [2.45, 2.75) is 45.3 Å². The fraction of sp³-hybridized carbons (Fsp3) is 0.400. The van der Waals surface area contributed by atoms with Gasteiger partial charge < -0.3 is 10.4 Å². The van der Waals surface area contributed by atoms with Crippen LogP contribution in [0, 0.1) is 5.92 Å². The molecule has 0 saturated heterocycles. The topological polar surface area (TPSA) is 62.5 Å². The Morgan fingerprint density at radius 2 is 1.92 bits per heavy atom.